The molecule has 0 amide bonds. The lowest BCUT2D eigenvalue weighted by Gasteiger charge is -2.33. The lowest BCUT2D eigenvalue weighted by Crippen LogP contribution is -2.15. The molecule has 0 unspecified atom stereocenters. The van der Waals surface area contributed by atoms with E-state index < -0.39 is 0 Å². The Morgan fingerprint density at radius 2 is 0.672 bits per heavy atom. The van der Waals surface area contributed by atoms with E-state index in [2.05, 4.69) is 232 Å². The van der Waals surface area contributed by atoms with Crippen molar-refractivity contribution in [3.63, 3.8) is 0 Å². The molecular weight excluding hydrogens is 819 g/mol. The molecule has 5 nitrogen and oxygen atoms in total. The third kappa shape index (κ3) is 6.76. The van der Waals surface area contributed by atoms with E-state index in [9.17, 15) is 0 Å². The van der Waals surface area contributed by atoms with Gasteiger partial charge in [-0.1, -0.05) is 133 Å². The van der Waals surface area contributed by atoms with Crippen LogP contribution in [0.1, 0.15) is 52.7 Å². The molecule has 0 N–H and O–H groups in total. The largest absolute Gasteiger partial charge is 0.453 e. The van der Waals surface area contributed by atoms with Gasteiger partial charge in [0.05, 0.1) is 33.8 Å². The van der Waals surface area contributed by atoms with E-state index in [0.29, 0.717) is 0 Å². The minimum atomic E-state index is -0.132. The van der Waals surface area contributed by atoms with E-state index in [1.807, 2.05) is 24.3 Å². The molecular formula is C62H51N3O2. The second-order valence-corrected chi connectivity index (χ2v) is 19.9. The zero-order valence-corrected chi connectivity index (χ0v) is 38.7. The average molecular weight is 870 g/mol. The van der Waals surface area contributed by atoms with Crippen molar-refractivity contribution >= 4 is 55.9 Å². The van der Waals surface area contributed by atoms with Gasteiger partial charge in [0.2, 0.25) is 0 Å². The SMILES string of the molecule is CC(C)(C)c1cc(-c2cccc(N3c4ccccc4Oc4ccccc43)c2)c2c(c1)c1cc(C(C)(C)C)cc(-c3cccc(N4c5ccccc5Oc5ccccc54)c3)c1n2-c1ccccc1. The summed E-state index contributed by atoms with van der Waals surface area (Å²) < 4.78 is 15.4. The summed E-state index contributed by atoms with van der Waals surface area (Å²) in [5.41, 5.74) is 16.6. The number of hydrogen-bond donors (Lipinski definition) is 0. The highest BCUT2D eigenvalue weighted by Gasteiger charge is 2.30. The zero-order valence-electron chi connectivity index (χ0n) is 38.7. The Kier molecular flexibility index (Phi) is 9.24. The molecule has 326 valence electrons. The Bertz CT molecular complexity index is 3260. The average Bonchev–Trinajstić information content (AvgIpc) is 3.68. The molecule has 2 aliphatic rings. The molecule has 12 rings (SSSR count). The van der Waals surface area contributed by atoms with Gasteiger partial charge in [-0.05, 0) is 142 Å². The number of rotatable bonds is 5. The fraction of sp³-hybridized carbons (Fsp3) is 0.129. The number of benzene rings is 9. The molecule has 0 aliphatic carbocycles. The van der Waals surface area contributed by atoms with Crippen LogP contribution in [0.4, 0.5) is 34.1 Å². The van der Waals surface area contributed by atoms with Crippen LogP contribution in [0.2, 0.25) is 0 Å². The first kappa shape index (κ1) is 40.5. The maximum absolute atomic E-state index is 6.45. The Morgan fingerprint density at radius 3 is 1.04 bits per heavy atom. The fourth-order valence-corrected chi connectivity index (χ4v) is 10.0. The Hall–Kier alpha value is -8.02. The van der Waals surface area contributed by atoms with Crippen LogP contribution in [0.3, 0.4) is 0 Å². The molecule has 5 heteroatoms. The van der Waals surface area contributed by atoms with Crippen molar-refractivity contribution in [2.45, 2.75) is 52.4 Å². The predicted molar refractivity (Wildman–Crippen MR) is 279 cm³/mol. The molecule has 2 aliphatic heterocycles. The van der Waals surface area contributed by atoms with Crippen molar-refractivity contribution in [3.8, 4) is 50.9 Å². The third-order valence-electron chi connectivity index (χ3n) is 13.4. The number of anilines is 6. The summed E-state index contributed by atoms with van der Waals surface area (Å²) in [6, 6.07) is 72.1. The van der Waals surface area contributed by atoms with E-state index >= 15 is 0 Å². The molecule has 0 atom stereocenters. The van der Waals surface area contributed by atoms with Crippen LogP contribution >= 0.6 is 0 Å². The summed E-state index contributed by atoms with van der Waals surface area (Å²) in [7, 11) is 0. The summed E-state index contributed by atoms with van der Waals surface area (Å²) >= 11 is 0. The summed E-state index contributed by atoms with van der Waals surface area (Å²) in [4.78, 5) is 4.67. The summed E-state index contributed by atoms with van der Waals surface area (Å²) in [6.45, 7) is 14.0. The third-order valence-corrected chi connectivity index (χ3v) is 13.4. The van der Waals surface area contributed by atoms with Crippen LogP contribution in [0.15, 0.2) is 200 Å². The van der Waals surface area contributed by atoms with E-state index in [1.54, 1.807) is 0 Å². The summed E-state index contributed by atoms with van der Waals surface area (Å²) in [5, 5.41) is 2.46. The summed E-state index contributed by atoms with van der Waals surface area (Å²) in [5.74, 6) is 3.34. The van der Waals surface area contributed by atoms with E-state index in [4.69, 9.17) is 9.47 Å². The number of para-hydroxylation sites is 9. The molecule has 0 saturated carbocycles. The van der Waals surface area contributed by atoms with Crippen molar-refractivity contribution in [2.75, 3.05) is 9.80 Å². The lowest BCUT2D eigenvalue weighted by molar-refractivity contribution is 0.477. The maximum Gasteiger partial charge on any atom is 0.151 e. The molecule has 10 aromatic rings. The topological polar surface area (TPSA) is 29.9 Å². The molecule has 3 heterocycles. The van der Waals surface area contributed by atoms with Crippen LogP contribution in [-0.4, -0.2) is 4.57 Å². The van der Waals surface area contributed by atoms with Crippen LogP contribution < -0.4 is 19.3 Å². The number of fused-ring (bicyclic) bond motifs is 7. The highest BCUT2D eigenvalue weighted by atomic mass is 16.5. The number of ether oxygens (including phenoxy) is 2. The molecule has 0 radical (unpaired) electrons. The maximum atomic E-state index is 6.45. The van der Waals surface area contributed by atoms with Gasteiger partial charge in [-0.3, -0.25) is 0 Å². The highest BCUT2D eigenvalue weighted by molar-refractivity contribution is 6.18. The van der Waals surface area contributed by atoms with Crippen molar-refractivity contribution < 1.29 is 9.47 Å². The minimum absolute atomic E-state index is 0.132. The second kappa shape index (κ2) is 15.3. The molecule has 0 saturated heterocycles. The molecule has 9 aromatic carbocycles. The first-order valence-corrected chi connectivity index (χ1v) is 23.3. The lowest BCUT2D eigenvalue weighted by atomic mass is 9.82. The molecule has 0 bridgehead atoms. The molecule has 1 aromatic heterocycles. The van der Waals surface area contributed by atoms with Crippen LogP contribution in [0, 0.1) is 0 Å². The molecule has 0 spiro atoms. The van der Waals surface area contributed by atoms with Gasteiger partial charge in [0.1, 0.15) is 0 Å². The number of nitrogens with zero attached hydrogens (tertiary/aromatic N) is 3. The Morgan fingerprint density at radius 1 is 0.328 bits per heavy atom. The molecule has 67 heavy (non-hydrogen) atoms. The van der Waals surface area contributed by atoms with E-state index in [-0.39, 0.29) is 10.8 Å². The van der Waals surface area contributed by atoms with Gasteiger partial charge in [0.25, 0.3) is 0 Å². The van der Waals surface area contributed by atoms with Crippen molar-refractivity contribution in [1.82, 2.24) is 4.57 Å². The fourth-order valence-electron chi connectivity index (χ4n) is 10.0. The van der Waals surface area contributed by atoms with Gasteiger partial charge in [-0.15, -0.1) is 0 Å². The Labute approximate surface area is 392 Å². The number of aromatic nitrogens is 1. The van der Waals surface area contributed by atoms with Crippen LogP contribution in [0.25, 0.3) is 49.7 Å². The van der Waals surface area contributed by atoms with Gasteiger partial charge < -0.3 is 23.8 Å². The van der Waals surface area contributed by atoms with Gasteiger partial charge in [-0.25, -0.2) is 0 Å². The first-order chi connectivity index (χ1) is 32.5. The van der Waals surface area contributed by atoms with E-state index in [1.165, 1.54) is 44.1 Å². The predicted octanol–water partition coefficient (Wildman–Crippen LogP) is 17.9. The van der Waals surface area contributed by atoms with Crippen LogP contribution in [-0.2, 0) is 10.8 Å². The quantitative estimate of drug-likeness (QED) is 0.172. The van der Waals surface area contributed by atoms with Crippen molar-refractivity contribution in [1.29, 1.82) is 0 Å². The normalized spacial score (nSPS) is 13.1. The van der Waals surface area contributed by atoms with Gasteiger partial charge in [-0.2, -0.15) is 0 Å². The Balaban J connectivity index is 1.15. The monoisotopic (exact) mass is 869 g/mol. The van der Waals surface area contributed by atoms with E-state index in [0.717, 1.165) is 73.9 Å². The van der Waals surface area contributed by atoms with Gasteiger partial charge in [0, 0.05) is 39.0 Å². The minimum Gasteiger partial charge on any atom is -0.453 e. The van der Waals surface area contributed by atoms with Crippen molar-refractivity contribution in [3.05, 3.63) is 211 Å². The van der Waals surface area contributed by atoms with Gasteiger partial charge >= 0.3 is 0 Å². The van der Waals surface area contributed by atoms with Gasteiger partial charge in [0.15, 0.2) is 23.0 Å². The molecule has 0 fully saturated rings. The smallest absolute Gasteiger partial charge is 0.151 e. The first-order valence-electron chi connectivity index (χ1n) is 23.3. The highest BCUT2D eigenvalue weighted by Crippen LogP contribution is 2.53. The standard InChI is InChI=1S/C62H51N3O2/c1-61(2,3)42-36-47(40-20-18-24-45(34-40)63-51-26-10-14-30-55(51)66-56-31-15-11-27-52(56)63)59-49(38-42)50-39-43(62(4,5)6)37-48(60(50)65(59)44-22-8-7-9-23-44)41-21-19-25-46(35-41)64-53-28-12-16-32-57(53)67-58-33-17-13-29-54(58)64/h7-39H,1-6H3. The zero-order chi connectivity index (χ0) is 45.6. The summed E-state index contributed by atoms with van der Waals surface area (Å²) in [6.07, 6.45) is 0. The number of hydrogen-bond acceptors (Lipinski definition) is 4. The van der Waals surface area contributed by atoms with Crippen LogP contribution in [0.5, 0.6) is 23.0 Å². The van der Waals surface area contributed by atoms with Crippen molar-refractivity contribution in [2.24, 2.45) is 0 Å². The second-order valence-electron chi connectivity index (χ2n) is 19.9.